The van der Waals surface area contributed by atoms with E-state index in [-0.39, 0.29) is 61.3 Å². The van der Waals surface area contributed by atoms with Crippen LogP contribution in [0.1, 0.15) is 49.9 Å². The SMILES string of the molecule is CCn1c(O)c(C#N)c(C)c(N=Nc2c(Cl)cc(Cl)c3c2C(=O)c2c(O)cccc2C3=O)c1=O. The van der Waals surface area contributed by atoms with Crippen molar-refractivity contribution >= 4 is 46.1 Å². The van der Waals surface area contributed by atoms with Gasteiger partial charge < -0.3 is 10.2 Å². The van der Waals surface area contributed by atoms with E-state index in [4.69, 9.17) is 23.2 Å². The predicted octanol–water partition coefficient (Wildman–Crippen LogP) is 4.96. The molecule has 0 saturated heterocycles. The topological polar surface area (TPSA) is 145 Å². The van der Waals surface area contributed by atoms with Gasteiger partial charge in [-0.3, -0.25) is 19.0 Å². The number of aromatic nitrogens is 1. The number of nitrogens with zero attached hydrogens (tertiary/aromatic N) is 4. The molecule has 1 aliphatic carbocycles. The van der Waals surface area contributed by atoms with Gasteiger partial charge in [0.2, 0.25) is 11.7 Å². The molecule has 0 saturated carbocycles. The number of carbonyl (C=O) groups excluding carboxylic acids is 2. The van der Waals surface area contributed by atoms with Crippen molar-refractivity contribution in [2.45, 2.75) is 20.4 Å². The normalized spacial score (nSPS) is 12.6. The Bertz CT molecular complexity index is 1570. The van der Waals surface area contributed by atoms with E-state index in [1.165, 1.54) is 31.2 Å². The zero-order valence-corrected chi connectivity index (χ0v) is 19.2. The van der Waals surface area contributed by atoms with Crippen molar-refractivity contribution in [3.8, 4) is 17.7 Å². The largest absolute Gasteiger partial charge is 0.507 e. The van der Waals surface area contributed by atoms with Gasteiger partial charge in [0, 0.05) is 17.7 Å². The van der Waals surface area contributed by atoms with Crippen LogP contribution in [0.5, 0.6) is 11.6 Å². The highest BCUT2D eigenvalue weighted by Gasteiger charge is 2.37. The fraction of sp³-hybridized carbons (Fsp3) is 0.130. The number of hydrogen-bond acceptors (Lipinski definition) is 8. The lowest BCUT2D eigenvalue weighted by Crippen LogP contribution is -2.22. The van der Waals surface area contributed by atoms with Crippen molar-refractivity contribution < 1.29 is 19.8 Å². The summed E-state index contributed by atoms with van der Waals surface area (Å²) in [4.78, 5) is 39.2. The standard InChI is InChI=1S/C23H14Cl2N4O5/c1-3-29-22(33)11(8-26)9(2)18(23(29)34)27-28-19-13(25)7-12(24)16-17(19)21(32)15-10(20(16)31)5-4-6-14(15)30/h4-7,30,33H,3H2,1-2H3. The van der Waals surface area contributed by atoms with E-state index in [1.807, 2.05) is 6.07 Å². The lowest BCUT2D eigenvalue weighted by Gasteiger charge is -2.21. The van der Waals surface area contributed by atoms with Gasteiger partial charge in [0.25, 0.3) is 5.56 Å². The highest BCUT2D eigenvalue weighted by atomic mass is 35.5. The first-order valence-electron chi connectivity index (χ1n) is 9.85. The molecule has 9 nitrogen and oxygen atoms in total. The molecule has 4 rings (SSSR count). The third kappa shape index (κ3) is 3.27. The van der Waals surface area contributed by atoms with Gasteiger partial charge in [-0.25, -0.2) is 0 Å². The van der Waals surface area contributed by atoms with Crippen molar-refractivity contribution in [3.63, 3.8) is 0 Å². The molecule has 0 fully saturated rings. The van der Waals surface area contributed by atoms with Crippen LogP contribution < -0.4 is 5.56 Å². The molecular weight excluding hydrogens is 483 g/mol. The number of pyridine rings is 1. The van der Waals surface area contributed by atoms with E-state index in [9.17, 15) is 29.9 Å². The predicted molar refractivity (Wildman–Crippen MR) is 123 cm³/mol. The van der Waals surface area contributed by atoms with E-state index in [2.05, 4.69) is 10.2 Å². The van der Waals surface area contributed by atoms with Gasteiger partial charge in [0.1, 0.15) is 23.1 Å². The van der Waals surface area contributed by atoms with Gasteiger partial charge in [-0.15, -0.1) is 10.2 Å². The van der Waals surface area contributed by atoms with Crippen LogP contribution in [0, 0.1) is 18.3 Å². The molecule has 170 valence electrons. The molecule has 0 bridgehead atoms. The smallest absolute Gasteiger partial charge is 0.281 e. The Morgan fingerprint density at radius 2 is 1.68 bits per heavy atom. The molecule has 0 aliphatic heterocycles. The Hall–Kier alpha value is -4.00. The zero-order chi connectivity index (χ0) is 24.9. The average Bonchev–Trinajstić information content (AvgIpc) is 2.78. The molecule has 0 atom stereocenters. The molecule has 0 radical (unpaired) electrons. The third-order valence-corrected chi connectivity index (χ3v) is 6.10. The second kappa shape index (κ2) is 8.41. The number of carbonyl (C=O) groups is 2. The maximum absolute atomic E-state index is 13.3. The van der Waals surface area contributed by atoms with Gasteiger partial charge >= 0.3 is 0 Å². The maximum Gasteiger partial charge on any atom is 0.281 e. The summed E-state index contributed by atoms with van der Waals surface area (Å²) in [6, 6.07) is 7.12. The van der Waals surface area contributed by atoms with Gasteiger partial charge in [0.05, 0.1) is 26.7 Å². The molecular formula is C23H14Cl2N4O5. The van der Waals surface area contributed by atoms with Crippen molar-refractivity contribution in [2.24, 2.45) is 10.2 Å². The summed E-state index contributed by atoms with van der Waals surface area (Å²) >= 11 is 12.5. The Kier molecular flexibility index (Phi) is 5.73. The molecule has 34 heavy (non-hydrogen) atoms. The minimum atomic E-state index is -0.743. The van der Waals surface area contributed by atoms with E-state index in [1.54, 1.807) is 6.92 Å². The van der Waals surface area contributed by atoms with Crippen LogP contribution in [0.2, 0.25) is 10.0 Å². The second-order valence-electron chi connectivity index (χ2n) is 7.33. The average molecular weight is 497 g/mol. The van der Waals surface area contributed by atoms with Gasteiger partial charge in [-0.05, 0) is 26.0 Å². The number of hydrogen-bond donors (Lipinski definition) is 2. The van der Waals surface area contributed by atoms with Crippen molar-refractivity contribution in [3.05, 3.63) is 78.0 Å². The number of fused-ring (bicyclic) bond motifs is 2. The summed E-state index contributed by atoms with van der Waals surface area (Å²) in [6.07, 6.45) is 0. The Labute approximate surface area is 202 Å². The van der Waals surface area contributed by atoms with Crippen LogP contribution in [-0.4, -0.2) is 26.3 Å². The van der Waals surface area contributed by atoms with Gasteiger partial charge in [-0.1, -0.05) is 35.3 Å². The van der Waals surface area contributed by atoms with E-state index >= 15 is 0 Å². The summed E-state index contributed by atoms with van der Waals surface area (Å²) in [5.74, 6) is -2.26. The van der Waals surface area contributed by atoms with Gasteiger partial charge in [-0.2, -0.15) is 5.26 Å². The molecule has 2 aromatic carbocycles. The van der Waals surface area contributed by atoms with Crippen LogP contribution >= 0.6 is 23.2 Å². The second-order valence-corrected chi connectivity index (χ2v) is 8.14. The number of nitriles is 1. The van der Waals surface area contributed by atoms with Crippen molar-refractivity contribution in [2.75, 3.05) is 0 Å². The number of azo groups is 1. The highest BCUT2D eigenvalue weighted by Crippen LogP contribution is 2.44. The molecule has 2 N–H and O–H groups in total. The summed E-state index contributed by atoms with van der Waals surface area (Å²) in [7, 11) is 0. The van der Waals surface area contributed by atoms with E-state index in [0.717, 1.165) is 4.57 Å². The lowest BCUT2D eigenvalue weighted by atomic mass is 9.82. The van der Waals surface area contributed by atoms with Crippen LogP contribution in [-0.2, 0) is 6.54 Å². The van der Waals surface area contributed by atoms with Crippen LogP contribution in [0.4, 0.5) is 11.4 Å². The lowest BCUT2D eigenvalue weighted by molar-refractivity contribution is 0.0977. The minimum absolute atomic E-state index is 0.0246. The molecule has 1 aromatic heterocycles. The monoisotopic (exact) mass is 496 g/mol. The van der Waals surface area contributed by atoms with Crippen LogP contribution in [0.3, 0.4) is 0 Å². The van der Waals surface area contributed by atoms with Crippen LogP contribution in [0.25, 0.3) is 0 Å². The molecule has 0 amide bonds. The third-order valence-electron chi connectivity index (χ3n) is 5.51. The first-order chi connectivity index (χ1) is 16.1. The molecule has 0 spiro atoms. The maximum atomic E-state index is 13.3. The van der Waals surface area contributed by atoms with Crippen LogP contribution in [0.15, 0.2) is 39.3 Å². The number of halogens is 2. The Balaban J connectivity index is 2.00. The zero-order valence-electron chi connectivity index (χ0n) is 17.7. The molecule has 0 unspecified atom stereocenters. The number of aromatic hydroxyl groups is 2. The minimum Gasteiger partial charge on any atom is -0.507 e. The highest BCUT2D eigenvalue weighted by molar-refractivity contribution is 6.43. The van der Waals surface area contributed by atoms with Crippen molar-refractivity contribution in [1.29, 1.82) is 5.26 Å². The summed E-state index contributed by atoms with van der Waals surface area (Å²) in [6.45, 7) is 3.07. The fourth-order valence-corrected chi connectivity index (χ4v) is 4.41. The summed E-state index contributed by atoms with van der Waals surface area (Å²) in [5.41, 5.74) is -1.98. The van der Waals surface area contributed by atoms with E-state index in [0.29, 0.717) is 0 Å². The number of rotatable bonds is 3. The van der Waals surface area contributed by atoms with E-state index < -0.39 is 28.8 Å². The molecule has 11 heteroatoms. The number of phenols is 1. The number of benzene rings is 2. The molecule has 1 heterocycles. The Morgan fingerprint density at radius 1 is 1.00 bits per heavy atom. The summed E-state index contributed by atoms with van der Waals surface area (Å²) in [5, 5.41) is 37.6. The Morgan fingerprint density at radius 3 is 2.32 bits per heavy atom. The molecule has 3 aromatic rings. The summed E-state index contributed by atoms with van der Waals surface area (Å²) < 4.78 is 0.946. The fourth-order valence-electron chi connectivity index (χ4n) is 3.83. The quantitative estimate of drug-likeness (QED) is 0.383. The first kappa shape index (κ1) is 23.2. The number of phenolic OH excluding ortho intramolecular Hbond substituents is 1. The van der Waals surface area contributed by atoms with Gasteiger partial charge in [0.15, 0.2) is 11.5 Å². The first-order valence-corrected chi connectivity index (χ1v) is 10.6. The number of ketones is 2. The molecule has 1 aliphatic rings. The van der Waals surface area contributed by atoms with Crippen molar-refractivity contribution in [1.82, 2.24) is 4.57 Å².